The first-order valence-corrected chi connectivity index (χ1v) is 9.23. The molecule has 0 saturated heterocycles. The van der Waals surface area contributed by atoms with Gasteiger partial charge >= 0.3 is 6.03 Å². The van der Waals surface area contributed by atoms with Gasteiger partial charge in [-0.1, -0.05) is 24.4 Å². The maximum atomic E-state index is 12.3. The highest BCUT2D eigenvalue weighted by Gasteiger charge is 2.19. The van der Waals surface area contributed by atoms with Crippen molar-refractivity contribution in [1.82, 2.24) is 20.4 Å². The molecule has 2 amide bonds. The Balaban J connectivity index is 1.56. The molecule has 1 N–H and O–H groups in total. The lowest BCUT2D eigenvalue weighted by molar-refractivity contribution is 0.192. The van der Waals surface area contributed by atoms with Crippen LogP contribution in [0.5, 0.6) is 5.75 Å². The van der Waals surface area contributed by atoms with Crippen molar-refractivity contribution in [2.75, 3.05) is 13.7 Å². The summed E-state index contributed by atoms with van der Waals surface area (Å²) in [5, 5.41) is 7.08. The second-order valence-corrected chi connectivity index (χ2v) is 6.61. The number of nitrogens with one attached hydrogen (secondary N) is 1. The van der Waals surface area contributed by atoms with E-state index in [1.165, 1.54) is 19.3 Å². The molecule has 1 aromatic heterocycles. The zero-order chi connectivity index (χ0) is 18.4. The lowest BCUT2D eigenvalue weighted by atomic mass is 9.96. The average molecular weight is 358 g/mol. The van der Waals surface area contributed by atoms with E-state index in [9.17, 15) is 4.79 Å². The molecule has 1 aromatic carbocycles. The minimum atomic E-state index is -0.0993. The smallest absolute Gasteiger partial charge is 0.317 e. The van der Waals surface area contributed by atoms with Crippen molar-refractivity contribution >= 4 is 6.03 Å². The standard InChI is InChI=1S/C19H26N4O3/c1-3-25-16-11-9-14(10-12-16)18-21-17(26-22-18)13-23(2)19(24)20-15-7-5-4-6-8-15/h9-12,15H,3-8,13H2,1-2H3,(H,20,24). The second-order valence-electron chi connectivity index (χ2n) is 6.61. The molecule has 1 aliphatic rings. The van der Waals surface area contributed by atoms with Gasteiger partial charge < -0.3 is 19.5 Å². The lowest BCUT2D eigenvalue weighted by Gasteiger charge is -2.25. The summed E-state index contributed by atoms with van der Waals surface area (Å²) in [6.07, 6.45) is 5.75. The molecule has 2 aromatic rings. The number of hydrogen-bond acceptors (Lipinski definition) is 5. The van der Waals surface area contributed by atoms with Crippen LogP contribution in [0.3, 0.4) is 0 Å². The second kappa shape index (κ2) is 8.69. The maximum absolute atomic E-state index is 12.3. The maximum Gasteiger partial charge on any atom is 0.317 e. The Hall–Kier alpha value is -2.57. The van der Waals surface area contributed by atoms with E-state index < -0.39 is 0 Å². The topological polar surface area (TPSA) is 80.5 Å². The third kappa shape index (κ3) is 4.74. The van der Waals surface area contributed by atoms with Crippen molar-refractivity contribution in [3.63, 3.8) is 0 Å². The number of urea groups is 1. The van der Waals surface area contributed by atoms with Gasteiger partial charge in [-0.25, -0.2) is 4.79 Å². The molecule has 3 rings (SSSR count). The van der Waals surface area contributed by atoms with Gasteiger partial charge in [0.2, 0.25) is 11.7 Å². The van der Waals surface area contributed by atoms with Crippen LogP contribution in [-0.4, -0.2) is 40.8 Å². The first kappa shape index (κ1) is 18.2. The van der Waals surface area contributed by atoms with Gasteiger partial charge in [0.05, 0.1) is 6.61 Å². The van der Waals surface area contributed by atoms with Crippen molar-refractivity contribution in [3.05, 3.63) is 30.2 Å². The fourth-order valence-electron chi connectivity index (χ4n) is 3.11. The summed E-state index contributed by atoms with van der Waals surface area (Å²) >= 11 is 0. The van der Waals surface area contributed by atoms with Gasteiger partial charge in [0, 0.05) is 18.7 Å². The third-order valence-corrected chi connectivity index (χ3v) is 4.54. The van der Waals surface area contributed by atoms with E-state index in [-0.39, 0.29) is 18.6 Å². The van der Waals surface area contributed by atoms with Gasteiger partial charge in [-0.05, 0) is 44.0 Å². The first-order valence-electron chi connectivity index (χ1n) is 9.23. The van der Waals surface area contributed by atoms with E-state index in [1.807, 2.05) is 31.2 Å². The van der Waals surface area contributed by atoms with Gasteiger partial charge in [-0.3, -0.25) is 0 Å². The minimum absolute atomic E-state index is 0.0993. The summed E-state index contributed by atoms with van der Waals surface area (Å²) in [5.41, 5.74) is 0.845. The van der Waals surface area contributed by atoms with Crippen LogP contribution in [0.2, 0.25) is 0 Å². The number of carbonyl (C=O) groups is 1. The molecular formula is C19H26N4O3. The van der Waals surface area contributed by atoms with Crippen LogP contribution in [0.15, 0.2) is 28.8 Å². The van der Waals surface area contributed by atoms with Gasteiger partial charge in [0.15, 0.2) is 0 Å². The molecule has 26 heavy (non-hydrogen) atoms. The zero-order valence-electron chi connectivity index (χ0n) is 15.4. The molecule has 1 aliphatic carbocycles. The summed E-state index contributed by atoms with van der Waals surface area (Å²) < 4.78 is 10.7. The predicted molar refractivity (Wildman–Crippen MR) is 97.8 cm³/mol. The third-order valence-electron chi connectivity index (χ3n) is 4.54. The zero-order valence-corrected chi connectivity index (χ0v) is 15.4. The van der Waals surface area contributed by atoms with E-state index in [1.54, 1.807) is 11.9 Å². The number of nitrogens with zero attached hydrogens (tertiary/aromatic N) is 3. The normalized spacial score (nSPS) is 14.8. The Morgan fingerprint density at radius 2 is 2.00 bits per heavy atom. The first-order chi connectivity index (χ1) is 12.7. The molecule has 0 bridgehead atoms. The van der Waals surface area contributed by atoms with Crippen LogP contribution in [0.1, 0.15) is 44.9 Å². The van der Waals surface area contributed by atoms with Crippen molar-refractivity contribution in [1.29, 1.82) is 0 Å². The van der Waals surface area contributed by atoms with Gasteiger partial charge in [0.25, 0.3) is 0 Å². The molecule has 7 heteroatoms. The monoisotopic (exact) mass is 358 g/mol. The predicted octanol–water partition coefficient (Wildman–Crippen LogP) is 3.61. The lowest BCUT2D eigenvalue weighted by Crippen LogP contribution is -2.43. The average Bonchev–Trinajstić information content (AvgIpc) is 3.12. The number of benzene rings is 1. The van der Waals surface area contributed by atoms with Crippen LogP contribution in [0, 0.1) is 0 Å². The van der Waals surface area contributed by atoms with E-state index in [2.05, 4.69) is 15.5 Å². The summed E-state index contributed by atoms with van der Waals surface area (Å²) in [6, 6.07) is 7.70. The molecule has 0 aliphatic heterocycles. The van der Waals surface area contributed by atoms with Crippen molar-refractivity contribution in [2.24, 2.45) is 0 Å². The minimum Gasteiger partial charge on any atom is -0.494 e. The Bertz CT molecular complexity index is 708. The van der Waals surface area contributed by atoms with Gasteiger partial charge in [-0.15, -0.1) is 0 Å². The highest BCUT2D eigenvalue weighted by atomic mass is 16.5. The number of ether oxygens (including phenoxy) is 1. The fraction of sp³-hybridized carbons (Fsp3) is 0.526. The number of aromatic nitrogens is 2. The Morgan fingerprint density at radius 3 is 2.69 bits per heavy atom. The van der Waals surface area contributed by atoms with E-state index >= 15 is 0 Å². The molecule has 140 valence electrons. The summed E-state index contributed by atoms with van der Waals surface area (Å²) in [6.45, 7) is 2.85. The number of hydrogen-bond donors (Lipinski definition) is 1. The van der Waals surface area contributed by atoms with Crippen molar-refractivity contribution in [2.45, 2.75) is 51.6 Å². The molecular weight excluding hydrogens is 332 g/mol. The highest BCUT2D eigenvalue weighted by Crippen LogP contribution is 2.21. The Kier molecular flexibility index (Phi) is 6.09. The van der Waals surface area contributed by atoms with Crippen LogP contribution < -0.4 is 10.1 Å². The van der Waals surface area contributed by atoms with Crippen molar-refractivity contribution < 1.29 is 14.1 Å². The van der Waals surface area contributed by atoms with Gasteiger partial charge in [0.1, 0.15) is 12.3 Å². The molecule has 0 atom stereocenters. The Morgan fingerprint density at radius 1 is 1.27 bits per heavy atom. The molecule has 1 fully saturated rings. The number of rotatable bonds is 6. The quantitative estimate of drug-likeness (QED) is 0.853. The van der Waals surface area contributed by atoms with Gasteiger partial charge in [-0.2, -0.15) is 4.98 Å². The molecule has 1 heterocycles. The summed E-state index contributed by atoms with van der Waals surface area (Å²) in [7, 11) is 1.74. The molecule has 0 unspecified atom stereocenters. The highest BCUT2D eigenvalue weighted by molar-refractivity contribution is 5.74. The number of amides is 2. The van der Waals surface area contributed by atoms with Crippen molar-refractivity contribution in [3.8, 4) is 17.1 Å². The molecule has 1 saturated carbocycles. The van der Waals surface area contributed by atoms with Crippen LogP contribution in [-0.2, 0) is 6.54 Å². The summed E-state index contributed by atoms with van der Waals surface area (Å²) in [4.78, 5) is 18.3. The fourth-order valence-corrected chi connectivity index (χ4v) is 3.11. The number of carbonyl (C=O) groups excluding carboxylic acids is 1. The molecule has 0 radical (unpaired) electrons. The van der Waals surface area contributed by atoms with E-state index in [0.717, 1.165) is 24.2 Å². The summed E-state index contributed by atoms with van der Waals surface area (Å²) in [5.74, 6) is 1.72. The largest absolute Gasteiger partial charge is 0.494 e. The van der Waals surface area contributed by atoms with E-state index in [4.69, 9.17) is 9.26 Å². The van der Waals surface area contributed by atoms with Crippen LogP contribution in [0.25, 0.3) is 11.4 Å². The Labute approximate surface area is 153 Å². The van der Waals surface area contributed by atoms with Crippen LogP contribution in [0.4, 0.5) is 4.79 Å². The molecule has 7 nitrogen and oxygen atoms in total. The van der Waals surface area contributed by atoms with Crippen LogP contribution >= 0.6 is 0 Å². The van der Waals surface area contributed by atoms with E-state index in [0.29, 0.717) is 18.3 Å². The molecule has 0 spiro atoms. The SMILES string of the molecule is CCOc1ccc(-c2noc(CN(C)C(=O)NC3CCCCC3)n2)cc1.